The van der Waals surface area contributed by atoms with Gasteiger partial charge in [0.1, 0.15) is 17.9 Å². The SMILES string of the molecule is CCN1CCN(Cc2c(O)c(CCC(=O)OCCOC)cc3c(C)cc(=O)oc23)CC1. The average molecular weight is 433 g/mol. The van der Waals surface area contributed by atoms with E-state index in [0.29, 0.717) is 36.3 Å². The van der Waals surface area contributed by atoms with E-state index in [4.69, 9.17) is 13.9 Å². The number of likely N-dealkylation sites (N-methyl/N-ethyl adjacent to an activating group) is 1. The number of hydrogen-bond acceptors (Lipinski definition) is 8. The molecule has 8 heteroatoms. The Morgan fingerprint density at radius 2 is 1.87 bits per heavy atom. The number of phenols is 1. The van der Waals surface area contributed by atoms with E-state index in [9.17, 15) is 14.7 Å². The molecule has 2 aromatic rings. The molecule has 0 saturated carbocycles. The number of piperazine rings is 1. The summed E-state index contributed by atoms with van der Waals surface area (Å²) < 4.78 is 15.5. The summed E-state index contributed by atoms with van der Waals surface area (Å²) >= 11 is 0. The molecular formula is C23H32N2O6. The summed E-state index contributed by atoms with van der Waals surface area (Å²) in [7, 11) is 1.55. The normalized spacial score (nSPS) is 15.5. The molecule has 1 aliphatic heterocycles. The molecule has 0 atom stereocenters. The van der Waals surface area contributed by atoms with Gasteiger partial charge in [-0.25, -0.2) is 4.79 Å². The standard InChI is InChI=1S/C23H32N2O6/c1-4-24-7-9-25(10-8-24)15-19-22(28)17(5-6-20(26)30-12-11-29-3)14-18-16(2)13-21(27)31-23(18)19/h13-14,28H,4-12,15H2,1-3H3. The summed E-state index contributed by atoms with van der Waals surface area (Å²) in [5, 5.41) is 11.8. The smallest absolute Gasteiger partial charge is 0.336 e. The van der Waals surface area contributed by atoms with Crippen molar-refractivity contribution in [3.8, 4) is 5.75 Å². The third-order valence-electron chi connectivity index (χ3n) is 5.83. The number of carbonyl (C=O) groups excluding carboxylic acids is 1. The van der Waals surface area contributed by atoms with Gasteiger partial charge in [0, 0.05) is 57.7 Å². The van der Waals surface area contributed by atoms with Crippen molar-refractivity contribution >= 4 is 16.9 Å². The Morgan fingerprint density at radius 3 is 2.55 bits per heavy atom. The lowest BCUT2D eigenvalue weighted by atomic mass is 9.98. The van der Waals surface area contributed by atoms with Gasteiger partial charge in [-0.1, -0.05) is 6.92 Å². The van der Waals surface area contributed by atoms with Gasteiger partial charge in [-0.05, 0) is 37.1 Å². The predicted octanol–water partition coefficient (Wildman–Crippen LogP) is 2.07. The van der Waals surface area contributed by atoms with Crippen molar-refractivity contribution in [1.29, 1.82) is 0 Å². The van der Waals surface area contributed by atoms with Crippen molar-refractivity contribution in [2.75, 3.05) is 53.0 Å². The summed E-state index contributed by atoms with van der Waals surface area (Å²) in [5.74, 6) is -0.256. The number of aryl methyl sites for hydroxylation is 2. The molecule has 2 heterocycles. The monoisotopic (exact) mass is 432 g/mol. The van der Waals surface area contributed by atoms with Crippen LogP contribution in [-0.2, 0) is 27.2 Å². The Bertz CT molecular complexity index is 963. The number of rotatable bonds is 9. The average Bonchev–Trinajstić information content (AvgIpc) is 2.75. The van der Waals surface area contributed by atoms with Crippen LogP contribution >= 0.6 is 0 Å². The van der Waals surface area contributed by atoms with E-state index >= 15 is 0 Å². The molecule has 31 heavy (non-hydrogen) atoms. The fraction of sp³-hybridized carbons (Fsp3) is 0.565. The number of phenolic OH excluding ortho intramolecular Hbond substituents is 1. The summed E-state index contributed by atoms with van der Waals surface area (Å²) in [6.07, 6.45) is 0.482. The van der Waals surface area contributed by atoms with E-state index in [1.165, 1.54) is 6.07 Å². The lowest BCUT2D eigenvalue weighted by molar-refractivity contribution is -0.144. The molecule has 1 aromatic carbocycles. The number of ether oxygens (including phenoxy) is 2. The zero-order valence-electron chi connectivity index (χ0n) is 18.6. The molecular weight excluding hydrogens is 400 g/mol. The molecule has 1 saturated heterocycles. The maximum atomic E-state index is 12.0. The molecule has 1 fully saturated rings. The van der Waals surface area contributed by atoms with Crippen molar-refractivity contribution < 1.29 is 23.8 Å². The highest BCUT2D eigenvalue weighted by atomic mass is 16.6. The van der Waals surface area contributed by atoms with Crippen LogP contribution in [0.5, 0.6) is 5.75 Å². The van der Waals surface area contributed by atoms with Gasteiger partial charge in [-0.2, -0.15) is 0 Å². The Labute approximate surface area is 182 Å². The maximum Gasteiger partial charge on any atom is 0.336 e. The third-order valence-corrected chi connectivity index (χ3v) is 5.83. The predicted molar refractivity (Wildman–Crippen MR) is 117 cm³/mol. The van der Waals surface area contributed by atoms with Crippen LogP contribution in [0.3, 0.4) is 0 Å². The van der Waals surface area contributed by atoms with Gasteiger partial charge in [0.05, 0.1) is 12.2 Å². The third kappa shape index (κ3) is 5.84. The number of hydrogen-bond donors (Lipinski definition) is 1. The fourth-order valence-electron chi connectivity index (χ4n) is 3.94. The first kappa shape index (κ1) is 23.2. The number of fused-ring (bicyclic) bond motifs is 1. The van der Waals surface area contributed by atoms with E-state index in [-0.39, 0.29) is 24.7 Å². The van der Waals surface area contributed by atoms with Crippen LogP contribution in [0, 0.1) is 6.92 Å². The van der Waals surface area contributed by atoms with E-state index < -0.39 is 5.63 Å². The van der Waals surface area contributed by atoms with E-state index in [2.05, 4.69) is 16.7 Å². The van der Waals surface area contributed by atoms with Crippen LogP contribution < -0.4 is 5.63 Å². The molecule has 3 rings (SSSR count). The first-order chi connectivity index (χ1) is 14.9. The summed E-state index contributed by atoms with van der Waals surface area (Å²) in [5.41, 5.74) is 2.02. The Kier molecular flexibility index (Phi) is 8.06. The molecule has 0 unspecified atom stereocenters. The highest BCUT2D eigenvalue weighted by Crippen LogP contribution is 2.34. The zero-order valence-corrected chi connectivity index (χ0v) is 18.6. The van der Waals surface area contributed by atoms with Gasteiger partial charge in [0.2, 0.25) is 0 Å². The number of carbonyl (C=O) groups is 1. The van der Waals surface area contributed by atoms with Gasteiger partial charge in [-0.15, -0.1) is 0 Å². The number of esters is 1. The highest BCUT2D eigenvalue weighted by Gasteiger charge is 2.22. The maximum absolute atomic E-state index is 12.0. The molecule has 0 bridgehead atoms. The summed E-state index contributed by atoms with van der Waals surface area (Å²) in [4.78, 5) is 28.7. The minimum absolute atomic E-state index is 0.0869. The summed E-state index contributed by atoms with van der Waals surface area (Å²) in [6, 6.07) is 3.26. The fourth-order valence-corrected chi connectivity index (χ4v) is 3.94. The Morgan fingerprint density at radius 1 is 1.16 bits per heavy atom. The Hall–Kier alpha value is -2.42. The van der Waals surface area contributed by atoms with Gasteiger partial charge >= 0.3 is 11.6 Å². The van der Waals surface area contributed by atoms with Crippen LogP contribution in [0.2, 0.25) is 0 Å². The first-order valence-corrected chi connectivity index (χ1v) is 10.8. The van der Waals surface area contributed by atoms with E-state index in [0.717, 1.165) is 43.7 Å². The summed E-state index contributed by atoms with van der Waals surface area (Å²) in [6.45, 7) is 9.74. The van der Waals surface area contributed by atoms with E-state index in [1.54, 1.807) is 7.11 Å². The largest absolute Gasteiger partial charge is 0.507 e. The first-order valence-electron chi connectivity index (χ1n) is 10.8. The van der Waals surface area contributed by atoms with Crippen molar-refractivity contribution in [2.24, 2.45) is 0 Å². The molecule has 1 aliphatic rings. The minimum Gasteiger partial charge on any atom is -0.507 e. The van der Waals surface area contributed by atoms with Crippen LogP contribution in [-0.4, -0.2) is 73.9 Å². The minimum atomic E-state index is -0.434. The molecule has 170 valence electrons. The van der Waals surface area contributed by atoms with Crippen LogP contribution in [0.1, 0.15) is 30.0 Å². The quantitative estimate of drug-likeness (QED) is 0.366. The number of nitrogens with zero attached hydrogens (tertiary/aromatic N) is 2. The van der Waals surface area contributed by atoms with Crippen LogP contribution in [0.25, 0.3) is 11.0 Å². The number of methoxy groups -OCH3 is 1. The lowest BCUT2D eigenvalue weighted by Gasteiger charge is -2.34. The van der Waals surface area contributed by atoms with Crippen molar-refractivity contribution in [3.05, 3.63) is 39.2 Å². The number of aromatic hydroxyl groups is 1. The Balaban J connectivity index is 1.87. The highest BCUT2D eigenvalue weighted by molar-refractivity contribution is 5.86. The molecule has 0 amide bonds. The lowest BCUT2D eigenvalue weighted by Crippen LogP contribution is -2.45. The molecule has 0 spiro atoms. The molecule has 0 aliphatic carbocycles. The van der Waals surface area contributed by atoms with E-state index in [1.807, 2.05) is 13.0 Å². The van der Waals surface area contributed by atoms with Crippen molar-refractivity contribution in [3.63, 3.8) is 0 Å². The molecule has 8 nitrogen and oxygen atoms in total. The molecule has 1 aromatic heterocycles. The van der Waals surface area contributed by atoms with Gasteiger partial charge in [0.25, 0.3) is 0 Å². The topological polar surface area (TPSA) is 92.5 Å². The zero-order chi connectivity index (χ0) is 22.4. The van der Waals surface area contributed by atoms with Crippen LogP contribution in [0.15, 0.2) is 21.3 Å². The molecule has 1 N–H and O–H groups in total. The van der Waals surface area contributed by atoms with Crippen molar-refractivity contribution in [1.82, 2.24) is 9.80 Å². The second-order valence-electron chi connectivity index (χ2n) is 7.91. The van der Waals surface area contributed by atoms with Gasteiger partial charge in [0.15, 0.2) is 0 Å². The number of benzene rings is 1. The van der Waals surface area contributed by atoms with Crippen LogP contribution in [0.4, 0.5) is 0 Å². The second kappa shape index (κ2) is 10.7. The van der Waals surface area contributed by atoms with Gasteiger partial charge in [-0.3, -0.25) is 9.69 Å². The second-order valence-corrected chi connectivity index (χ2v) is 7.91. The van der Waals surface area contributed by atoms with Gasteiger partial charge < -0.3 is 23.9 Å². The molecule has 0 radical (unpaired) electrons. The van der Waals surface area contributed by atoms with Crippen molar-refractivity contribution in [2.45, 2.75) is 33.2 Å².